The van der Waals surface area contributed by atoms with Crippen LogP contribution in [-0.4, -0.2) is 35.9 Å². The largest absolute Gasteiger partial charge is 0.492 e. The number of hydrogen-bond acceptors (Lipinski definition) is 6. The van der Waals surface area contributed by atoms with Crippen LogP contribution in [0.5, 0.6) is 0 Å². The van der Waals surface area contributed by atoms with Gasteiger partial charge in [-0.3, -0.25) is 0 Å². The summed E-state index contributed by atoms with van der Waals surface area (Å²) in [5.74, 6) is 0.437. The average molecular weight is 409 g/mol. The van der Waals surface area contributed by atoms with E-state index in [9.17, 15) is 4.79 Å². The van der Waals surface area contributed by atoms with Gasteiger partial charge in [-0.25, -0.2) is 9.78 Å². The quantitative estimate of drug-likeness (QED) is 0.708. The summed E-state index contributed by atoms with van der Waals surface area (Å²) in [7, 11) is -0.609. The zero-order chi connectivity index (χ0) is 21.8. The molecule has 8 heteroatoms. The number of nitrogens with two attached hydrogens (primary N) is 1. The molecular formula is C22H28BN3O4. The second-order valence-electron chi connectivity index (χ2n) is 8.24. The van der Waals surface area contributed by atoms with E-state index in [0.29, 0.717) is 5.82 Å². The lowest BCUT2D eigenvalue weighted by atomic mass is 9.77. The van der Waals surface area contributed by atoms with Crippen molar-refractivity contribution in [3.05, 3.63) is 65.3 Å². The van der Waals surface area contributed by atoms with Crippen molar-refractivity contribution in [3.63, 3.8) is 0 Å². The molecule has 0 saturated carbocycles. The van der Waals surface area contributed by atoms with Crippen LogP contribution < -0.4 is 11.1 Å². The Morgan fingerprint density at radius 1 is 1.13 bits per heavy atom. The molecule has 0 spiro atoms. The van der Waals surface area contributed by atoms with Gasteiger partial charge in [0.2, 0.25) is 0 Å². The van der Waals surface area contributed by atoms with Crippen molar-refractivity contribution in [1.82, 2.24) is 10.3 Å². The number of nitrogens with zero attached hydrogens (tertiary/aromatic N) is 1. The summed E-state index contributed by atoms with van der Waals surface area (Å²) in [6, 6.07) is 13.1. The number of pyridine rings is 1. The predicted molar refractivity (Wildman–Crippen MR) is 117 cm³/mol. The molecule has 0 aliphatic carbocycles. The van der Waals surface area contributed by atoms with E-state index in [1.54, 1.807) is 12.3 Å². The Bertz CT molecular complexity index is 882. The normalized spacial score (nSPS) is 17.6. The van der Waals surface area contributed by atoms with Crippen molar-refractivity contribution < 1.29 is 18.8 Å². The van der Waals surface area contributed by atoms with Gasteiger partial charge in [0.05, 0.1) is 11.2 Å². The Hall–Kier alpha value is -2.84. The maximum absolute atomic E-state index is 12.2. The van der Waals surface area contributed by atoms with Gasteiger partial charge in [-0.15, -0.1) is 0 Å². The smallest absolute Gasteiger partial charge is 0.445 e. The SMILES string of the molecule is CC1(C)OB(C(=Cc2ccc(N)nc2)CNC(=O)OCc2ccccc2)OC1(C)C. The first-order chi connectivity index (χ1) is 14.2. The van der Waals surface area contributed by atoms with Crippen LogP contribution in [0.25, 0.3) is 6.08 Å². The fraction of sp³-hybridized carbons (Fsp3) is 0.364. The van der Waals surface area contributed by atoms with E-state index in [-0.39, 0.29) is 13.2 Å². The molecule has 3 N–H and O–H groups in total. The molecule has 1 aliphatic rings. The molecule has 2 heterocycles. The molecule has 1 amide bonds. The number of amides is 1. The summed E-state index contributed by atoms with van der Waals surface area (Å²) < 4.78 is 17.6. The van der Waals surface area contributed by atoms with Gasteiger partial charge in [0.15, 0.2) is 0 Å². The number of rotatable bonds is 6. The zero-order valence-electron chi connectivity index (χ0n) is 17.8. The second-order valence-corrected chi connectivity index (χ2v) is 8.24. The van der Waals surface area contributed by atoms with E-state index in [1.165, 1.54) is 0 Å². The van der Waals surface area contributed by atoms with Crippen LogP contribution in [0.1, 0.15) is 38.8 Å². The molecule has 0 bridgehead atoms. The van der Waals surface area contributed by atoms with E-state index in [4.69, 9.17) is 19.8 Å². The lowest BCUT2D eigenvalue weighted by molar-refractivity contribution is 0.00578. The Morgan fingerprint density at radius 3 is 2.40 bits per heavy atom. The lowest BCUT2D eigenvalue weighted by Gasteiger charge is -2.32. The number of hydrogen-bond donors (Lipinski definition) is 2. The summed E-state index contributed by atoms with van der Waals surface area (Å²) >= 11 is 0. The summed E-state index contributed by atoms with van der Waals surface area (Å²) in [6.07, 6.45) is 3.03. The highest BCUT2D eigenvalue weighted by Crippen LogP contribution is 2.38. The Labute approximate surface area is 177 Å². The van der Waals surface area contributed by atoms with Gasteiger partial charge in [0, 0.05) is 12.7 Å². The molecule has 0 atom stereocenters. The Morgan fingerprint density at radius 2 is 1.80 bits per heavy atom. The van der Waals surface area contributed by atoms with Gasteiger partial charge >= 0.3 is 13.2 Å². The Balaban J connectivity index is 1.70. The van der Waals surface area contributed by atoms with Crippen molar-refractivity contribution >= 4 is 25.1 Å². The van der Waals surface area contributed by atoms with Gasteiger partial charge in [0.1, 0.15) is 12.4 Å². The fourth-order valence-electron chi connectivity index (χ4n) is 2.86. The number of nitrogens with one attached hydrogen (secondary N) is 1. The highest BCUT2D eigenvalue weighted by Gasteiger charge is 2.52. The van der Waals surface area contributed by atoms with Crippen LogP contribution in [0, 0.1) is 0 Å². The molecule has 2 aromatic rings. The van der Waals surface area contributed by atoms with Crippen molar-refractivity contribution in [1.29, 1.82) is 0 Å². The number of benzene rings is 1. The maximum atomic E-state index is 12.2. The fourth-order valence-corrected chi connectivity index (χ4v) is 2.86. The number of nitrogen functional groups attached to an aromatic ring is 1. The first kappa shape index (κ1) is 21.9. The summed E-state index contributed by atoms with van der Waals surface area (Å²) in [5, 5.41) is 2.78. The van der Waals surface area contributed by atoms with Crippen LogP contribution in [-0.2, 0) is 20.7 Å². The lowest BCUT2D eigenvalue weighted by Crippen LogP contribution is -2.41. The van der Waals surface area contributed by atoms with Gasteiger partial charge in [0.25, 0.3) is 0 Å². The summed E-state index contributed by atoms with van der Waals surface area (Å²) in [4.78, 5) is 16.3. The van der Waals surface area contributed by atoms with E-state index in [2.05, 4.69) is 10.3 Å². The van der Waals surface area contributed by atoms with Crippen molar-refractivity contribution in [2.24, 2.45) is 0 Å². The molecule has 1 fully saturated rings. The number of carbonyl (C=O) groups is 1. The molecule has 3 rings (SSSR count). The minimum absolute atomic E-state index is 0.199. The molecule has 0 unspecified atom stereocenters. The third-order valence-electron chi connectivity index (χ3n) is 5.37. The second kappa shape index (κ2) is 8.89. The molecule has 1 aromatic carbocycles. The molecular weight excluding hydrogens is 381 g/mol. The first-order valence-electron chi connectivity index (χ1n) is 9.88. The highest BCUT2D eigenvalue weighted by atomic mass is 16.7. The van der Waals surface area contributed by atoms with Gasteiger partial charge < -0.3 is 25.1 Å². The Kier molecular flexibility index (Phi) is 6.48. The third kappa shape index (κ3) is 5.40. The minimum Gasteiger partial charge on any atom is -0.445 e. The number of carbonyl (C=O) groups excluding carboxylic acids is 1. The standard InChI is InChI=1S/C22H28BN3O4/c1-21(2)22(3,4)30-23(29-21)18(12-17-10-11-19(24)25-13-17)14-26-20(27)28-15-16-8-6-5-7-9-16/h5-13H,14-15H2,1-4H3,(H2,24,25)(H,26,27). The van der Waals surface area contributed by atoms with Crippen LogP contribution in [0.2, 0.25) is 0 Å². The van der Waals surface area contributed by atoms with Gasteiger partial charge in [-0.1, -0.05) is 36.4 Å². The van der Waals surface area contributed by atoms with Crippen LogP contribution in [0.4, 0.5) is 10.6 Å². The van der Waals surface area contributed by atoms with Crippen LogP contribution >= 0.6 is 0 Å². The number of ether oxygens (including phenoxy) is 1. The molecule has 158 valence electrons. The van der Waals surface area contributed by atoms with Gasteiger partial charge in [-0.05, 0) is 56.4 Å². The van der Waals surface area contributed by atoms with Crippen LogP contribution in [0.3, 0.4) is 0 Å². The number of alkyl carbamates (subject to hydrolysis) is 1. The number of aromatic nitrogens is 1. The van der Waals surface area contributed by atoms with Gasteiger partial charge in [-0.2, -0.15) is 0 Å². The average Bonchev–Trinajstić information content (AvgIpc) is 2.93. The van der Waals surface area contributed by atoms with E-state index < -0.39 is 24.4 Å². The minimum atomic E-state index is -0.609. The van der Waals surface area contributed by atoms with E-state index in [1.807, 2.05) is 70.2 Å². The highest BCUT2D eigenvalue weighted by molar-refractivity contribution is 6.56. The molecule has 1 aromatic heterocycles. The first-order valence-corrected chi connectivity index (χ1v) is 9.88. The monoisotopic (exact) mass is 409 g/mol. The number of anilines is 1. The van der Waals surface area contributed by atoms with Crippen molar-refractivity contribution in [2.45, 2.75) is 45.5 Å². The molecule has 1 saturated heterocycles. The summed E-state index contributed by atoms with van der Waals surface area (Å²) in [5.41, 5.74) is 7.18. The zero-order valence-corrected chi connectivity index (χ0v) is 17.8. The van der Waals surface area contributed by atoms with E-state index in [0.717, 1.165) is 16.6 Å². The molecule has 7 nitrogen and oxygen atoms in total. The van der Waals surface area contributed by atoms with Crippen molar-refractivity contribution in [2.75, 3.05) is 12.3 Å². The van der Waals surface area contributed by atoms with Crippen molar-refractivity contribution in [3.8, 4) is 0 Å². The maximum Gasteiger partial charge on any atom is 0.492 e. The predicted octanol–water partition coefficient (Wildman–Crippen LogP) is 3.61. The topological polar surface area (TPSA) is 95.7 Å². The van der Waals surface area contributed by atoms with Crippen LogP contribution in [0.15, 0.2) is 54.1 Å². The molecule has 0 radical (unpaired) electrons. The molecule has 30 heavy (non-hydrogen) atoms. The van der Waals surface area contributed by atoms with E-state index >= 15 is 0 Å². The summed E-state index contributed by atoms with van der Waals surface area (Å²) in [6.45, 7) is 8.33. The molecule has 1 aliphatic heterocycles. The third-order valence-corrected chi connectivity index (χ3v) is 5.37.